The number of halogens is 1. The average molecular weight is 298 g/mol. The van der Waals surface area contributed by atoms with Crippen molar-refractivity contribution >= 4 is 33.0 Å². The molecule has 4 heteroatoms. The second-order valence-electron chi connectivity index (χ2n) is 3.55. The number of anilines is 1. The van der Waals surface area contributed by atoms with Crippen molar-refractivity contribution in [1.82, 2.24) is 0 Å². The van der Waals surface area contributed by atoms with E-state index in [9.17, 15) is 5.11 Å². The van der Waals surface area contributed by atoms with Gasteiger partial charge in [0.15, 0.2) is 0 Å². The summed E-state index contributed by atoms with van der Waals surface area (Å²) in [6.07, 6.45) is 0. The monoisotopic (exact) mass is 297 g/mol. The molecule has 0 aliphatic carbocycles. The Morgan fingerprint density at radius 1 is 1.38 bits per heavy atom. The summed E-state index contributed by atoms with van der Waals surface area (Å²) in [5, 5.41) is 14.9. The molecular formula is C12H12BrNOS. The molecule has 1 heterocycles. The van der Waals surface area contributed by atoms with Crippen LogP contribution in [0.25, 0.3) is 0 Å². The number of phenolic OH excluding ortho intramolecular Hbond substituents is 1. The third kappa shape index (κ3) is 2.57. The number of aromatic hydroxyl groups is 1. The van der Waals surface area contributed by atoms with Gasteiger partial charge in [0.1, 0.15) is 5.75 Å². The molecule has 0 atom stereocenters. The fraction of sp³-hybridized carbons (Fsp3) is 0.167. The van der Waals surface area contributed by atoms with Crippen LogP contribution in [0.1, 0.15) is 10.4 Å². The van der Waals surface area contributed by atoms with Gasteiger partial charge in [0.05, 0.1) is 6.54 Å². The Balaban J connectivity index is 2.05. The highest BCUT2D eigenvalue weighted by Gasteiger charge is 2.02. The Morgan fingerprint density at radius 2 is 2.19 bits per heavy atom. The predicted octanol–water partition coefficient (Wildman–Crippen LogP) is 4.14. The number of aryl methyl sites for hydroxylation is 1. The van der Waals surface area contributed by atoms with Gasteiger partial charge in [0.25, 0.3) is 0 Å². The highest BCUT2D eigenvalue weighted by Crippen LogP contribution is 2.25. The zero-order valence-corrected chi connectivity index (χ0v) is 11.2. The molecule has 2 aromatic rings. The molecule has 0 amide bonds. The molecule has 2 rings (SSSR count). The molecule has 0 fully saturated rings. The first-order valence-electron chi connectivity index (χ1n) is 4.92. The minimum Gasteiger partial charge on any atom is -0.508 e. The third-order valence-corrected chi connectivity index (χ3v) is 4.28. The Morgan fingerprint density at radius 3 is 2.81 bits per heavy atom. The summed E-state index contributed by atoms with van der Waals surface area (Å²) < 4.78 is 1.13. The Hall–Kier alpha value is -1.00. The second kappa shape index (κ2) is 4.89. The number of thiophene rings is 1. The first kappa shape index (κ1) is 11.5. The summed E-state index contributed by atoms with van der Waals surface area (Å²) in [5.41, 5.74) is 1.83. The summed E-state index contributed by atoms with van der Waals surface area (Å²) in [6.45, 7) is 2.65. The van der Waals surface area contributed by atoms with Crippen molar-refractivity contribution in [3.05, 3.63) is 44.6 Å². The maximum absolute atomic E-state index is 9.57. The normalized spacial score (nSPS) is 10.4. The van der Waals surface area contributed by atoms with Crippen molar-refractivity contribution in [2.24, 2.45) is 0 Å². The SMILES string of the molecule is Cc1ccc(NCc2sccc2Br)cc1O. The molecule has 0 bridgehead atoms. The highest BCUT2D eigenvalue weighted by molar-refractivity contribution is 9.10. The van der Waals surface area contributed by atoms with Gasteiger partial charge in [-0.25, -0.2) is 0 Å². The van der Waals surface area contributed by atoms with E-state index < -0.39 is 0 Å². The van der Waals surface area contributed by atoms with E-state index in [1.54, 1.807) is 17.4 Å². The number of hydrogen-bond acceptors (Lipinski definition) is 3. The minimum absolute atomic E-state index is 0.329. The van der Waals surface area contributed by atoms with Gasteiger partial charge in [0.2, 0.25) is 0 Å². The lowest BCUT2D eigenvalue weighted by atomic mass is 10.2. The predicted molar refractivity (Wildman–Crippen MR) is 72.2 cm³/mol. The lowest BCUT2D eigenvalue weighted by molar-refractivity contribution is 0.471. The number of phenols is 1. The van der Waals surface area contributed by atoms with Crippen LogP contribution in [-0.4, -0.2) is 5.11 Å². The molecule has 16 heavy (non-hydrogen) atoms. The zero-order chi connectivity index (χ0) is 11.5. The van der Waals surface area contributed by atoms with Crippen LogP contribution < -0.4 is 5.32 Å². The van der Waals surface area contributed by atoms with Crippen LogP contribution in [0, 0.1) is 6.92 Å². The third-order valence-electron chi connectivity index (χ3n) is 2.35. The lowest BCUT2D eigenvalue weighted by Gasteiger charge is -2.07. The molecule has 2 N–H and O–H groups in total. The molecule has 0 saturated carbocycles. The lowest BCUT2D eigenvalue weighted by Crippen LogP contribution is -1.97. The van der Waals surface area contributed by atoms with Gasteiger partial charge in [-0.05, 0) is 45.9 Å². The fourth-order valence-electron chi connectivity index (χ4n) is 1.35. The van der Waals surface area contributed by atoms with Crippen LogP contribution >= 0.6 is 27.3 Å². The van der Waals surface area contributed by atoms with Gasteiger partial charge in [-0.15, -0.1) is 11.3 Å². The molecule has 0 saturated heterocycles. The molecule has 0 aliphatic heterocycles. The molecule has 1 aromatic heterocycles. The highest BCUT2D eigenvalue weighted by atomic mass is 79.9. The van der Waals surface area contributed by atoms with Crippen LogP contribution in [0.3, 0.4) is 0 Å². The zero-order valence-electron chi connectivity index (χ0n) is 8.83. The Kier molecular flexibility index (Phi) is 3.51. The molecule has 0 spiro atoms. The average Bonchev–Trinajstić information content (AvgIpc) is 2.66. The summed E-state index contributed by atoms with van der Waals surface area (Å²) in [5.74, 6) is 0.329. The standard InChI is InChI=1S/C12H12BrNOS/c1-8-2-3-9(6-11(8)15)14-7-12-10(13)4-5-16-12/h2-6,14-15H,7H2,1H3. The molecule has 0 unspecified atom stereocenters. The van der Waals surface area contributed by atoms with E-state index >= 15 is 0 Å². The first-order chi connectivity index (χ1) is 7.66. The van der Waals surface area contributed by atoms with Gasteiger partial charge in [-0.1, -0.05) is 6.07 Å². The van der Waals surface area contributed by atoms with Gasteiger partial charge < -0.3 is 10.4 Å². The van der Waals surface area contributed by atoms with E-state index in [1.165, 1.54) is 4.88 Å². The van der Waals surface area contributed by atoms with Crippen molar-refractivity contribution in [3.63, 3.8) is 0 Å². The molecule has 0 aliphatic rings. The van der Waals surface area contributed by atoms with Crippen LogP contribution in [0.15, 0.2) is 34.1 Å². The summed E-state index contributed by atoms with van der Waals surface area (Å²) >= 11 is 5.19. The molecule has 1 aromatic carbocycles. The van der Waals surface area contributed by atoms with E-state index in [-0.39, 0.29) is 0 Å². The summed E-state index contributed by atoms with van der Waals surface area (Å²) in [7, 11) is 0. The van der Waals surface area contributed by atoms with Crippen molar-refractivity contribution in [2.75, 3.05) is 5.32 Å². The maximum Gasteiger partial charge on any atom is 0.120 e. The van der Waals surface area contributed by atoms with Gasteiger partial charge in [-0.2, -0.15) is 0 Å². The van der Waals surface area contributed by atoms with E-state index in [1.807, 2.05) is 30.5 Å². The maximum atomic E-state index is 9.57. The summed E-state index contributed by atoms with van der Waals surface area (Å²) in [6, 6.07) is 7.66. The minimum atomic E-state index is 0.329. The Labute approximate surface area is 107 Å². The Bertz CT molecular complexity index is 496. The fourth-order valence-corrected chi connectivity index (χ4v) is 2.79. The van der Waals surface area contributed by atoms with Gasteiger partial charge in [0, 0.05) is 21.1 Å². The van der Waals surface area contributed by atoms with Crippen molar-refractivity contribution in [1.29, 1.82) is 0 Å². The number of hydrogen-bond donors (Lipinski definition) is 2. The van der Waals surface area contributed by atoms with Crippen LogP contribution in [-0.2, 0) is 6.54 Å². The van der Waals surface area contributed by atoms with E-state index in [0.29, 0.717) is 5.75 Å². The number of rotatable bonds is 3. The molecular weight excluding hydrogens is 286 g/mol. The second-order valence-corrected chi connectivity index (χ2v) is 5.40. The number of benzene rings is 1. The number of nitrogens with one attached hydrogen (secondary N) is 1. The van der Waals surface area contributed by atoms with Crippen molar-refractivity contribution in [3.8, 4) is 5.75 Å². The van der Waals surface area contributed by atoms with Crippen LogP contribution in [0.2, 0.25) is 0 Å². The summed E-state index contributed by atoms with van der Waals surface area (Å²) in [4.78, 5) is 1.25. The largest absolute Gasteiger partial charge is 0.508 e. The smallest absolute Gasteiger partial charge is 0.120 e. The van der Waals surface area contributed by atoms with Crippen LogP contribution in [0.4, 0.5) is 5.69 Å². The van der Waals surface area contributed by atoms with Gasteiger partial charge in [-0.3, -0.25) is 0 Å². The van der Waals surface area contributed by atoms with Crippen molar-refractivity contribution < 1.29 is 5.11 Å². The quantitative estimate of drug-likeness (QED) is 0.892. The first-order valence-corrected chi connectivity index (χ1v) is 6.59. The molecule has 2 nitrogen and oxygen atoms in total. The van der Waals surface area contributed by atoms with E-state index in [0.717, 1.165) is 22.3 Å². The van der Waals surface area contributed by atoms with Crippen molar-refractivity contribution in [2.45, 2.75) is 13.5 Å². The van der Waals surface area contributed by atoms with E-state index in [2.05, 4.69) is 21.2 Å². The molecule has 0 radical (unpaired) electrons. The van der Waals surface area contributed by atoms with E-state index in [4.69, 9.17) is 0 Å². The molecule has 84 valence electrons. The van der Waals surface area contributed by atoms with Crippen LogP contribution in [0.5, 0.6) is 5.75 Å². The topological polar surface area (TPSA) is 32.3 Å². The van der Waals surface area contributed by atoms with Gasteiger partial charge >= 0.3 is 0 Å².